The first-order chi connectivity index (χ1) is 8.96. The highest BCUT2D eigenvalue weighted by atomic mass is 16.5. The number of terminal acetylenes is 1. The van der Waals surface area contributed by atoms with Crippen LogP contribution < -0.4 is 14.8 Å². The highest BCUT2D eigenvalue weighted by Gasteiger charge is 2.10. The van der Waals surface area contributed by atoms with Crippen LogP contribution in [0, 0.1) is 12.3 Å². The van der Waals surface area contributed by atoms with Gasteiger partial charge in [-0.15, -0.1) is 12.3 Å². The fraction of sp³-hybridized carbons (Fsp3) is 0.500. The van der Waals surface area contributed by atoms with Gasteiger partial charge in [-0.1, -0.05) is 6.07 Å². The van der Waals surface area contributed by atoms with Gasteiger partial charge < -0.3 is 14.8 Å². The zero-order chi connectivity index (χ0) is 14.3. The van der Waals surface area contributed by atoms with Gasteiger partial charge in [-0.05, 0) is 38.5 Å². The predicted molar refractivity (Wildman–Crippen MR) is 78.5 cm³/mol. The number of hydrogen-bond donors (Lipinski definition) is 1. The average molecular weight is 261 g/mol. The monoisotopic (exact) mass is 261 g/mol. The molecule has 0 radical (unpaired) electrons. The lowest BCUT2D eigenvalue weighted by Gasteiger charge is -2.21. The predicted octanol–water partition coefficient (Wildman–Crippen LogP) is 2.99. The van der Waals surface area contributed by atoms with Crippen molar-refractivity contribution in [3.8, 4) is 23.8 Å². The minimum Gasteiger partial charge on any atom is -0.493 e. The smallest absolute Gasteiger partial charge is 0.161 e. The quantitative estimate of drug-likeness (QED) is 0.631. The van der Waals surface area contributed by atoms with Crippen LogP contribution >= 0.6 is 0 Å². The normalized spacial score (nSPS) is 10.9. The highest BCUT2D eigenvalue weighted by Crippen LogP contribution is 2.28. The summed E-state index contributed by atoms with van der Waals surface area (Å²) in [5, 5.41) is 3.44. The van der Waals surface area contributed by atoms with E-state index in [0.717, 1.165) is 23.6 Å². The summed E-state index contributed by atoms with van der Waals surface area (Å²) in [6.45, 7) is 7.71. The zero-order valence-corrected chi connectivity index (χ0v) is 12.2. The Labute approximate surface area is 116 Å². The Morgan fingerprint density at radius 2 is 2.00 bits per heavy atom. The molecule has 19 heavy (non-hydrogen) atoms. The van der Waals surface area contributed by atoms with Crippen LogP contribution in [0.3, 0.4) is 0 Å². The summed E-state index contributed by atoms with van der Waals surface area (Å²) in [5.74, 6) is 4.03. The fourth-order valence-electron chi connectivity index (χ4n) is 1.53. The van der Waals surface area contributed by atoms with E-state index in [-0.39, 0.29) is 5.54 Å². The molecule has 1 N–H and O–H groups in total. The third-order valence-corrected chi connectivity index (χ3v) is 2.55. The van der Waals surface area contributed by atoms with Crippen molar-refractivity contribution >= 4 is 0 Å². The van der Waals surface area contributed by atoms with Gasteiger partial charge in [0.05, 0.1) is 13.7 Å². The van der Waals surface area contributed by atoms with Gasteiger partial charge in [0.1, 0.15) is 0 Å². The second-order valence-electron chi connectivity index (χ2n) is 5.39. The molecule has 0 fully saturated rings. The van der Waals surface area contributed by atoms with Gasteiger partial charge in [-0.2, -0.15) is 0 Å². The van der Waals surface area contributed by atoms with E-state index in [0.29, 0.717) is 13.0 Å². The fourth-order valence-corrected chi connectivity index (χ4v) is 1.53. The number of nitrogens with one attached hydrogen (secondary N) is 1. The van der Waals surface area contributed by atoms with Crippen LogP contribution in [0.25, 0.3) is 0 Å². The molecule has 0 spiro atoms. The van der Waals surface area contributed by atoms with E-state index in [1.54, 1.807) is 7.11 Å². The Morgan fingerprint density at radius 1 is 1.26 bits per heavy atom. The molecule has 0 saturated carbocycles. The van der Waals surface area contributed by atoms with E-state index in [1.165, 1.54) is 0 Å². The molecule has 3 heteroatoms. The van der Waals surface area contributed by atoms with Crippen molar-refractivity contribution in [3.05, 3.63) is 23.8 Å². The Morgan fingerprint density at radius 3 is 2.58 bits per heavy atom. The summed E-state index contributed by atoms with van der Waals surface area (Å²) in [6.07, 6.45) is 5.81. The molecule has 1 aromatic carbocycles. The molecule has 1 aromatic rings. The van der Waals surface area contributed by atoms with Crippen LogP contribution in [0.15, 0.2) is 18.2 Å². The molecule has 0 amide bonds. The lowest BCUT2D eigenvalue weighted by atomic mass is 10.1. The summed E-state index contributed by atoms with van der Waals surface area (Å²) in [7, 11) is 1.64. The molecule has 0 aliphatic rings. The standard InChI is InChI=1S/C16H23NO2/c1-6-7-10-19-15-11-13(8-9-14(15)18-5)12-17-16(2,3)4/h1,8-9,11,17H,7,10,12H2,2-5H3. The molecule has 0 aliphatic carbocycles. The number of ether oxygens (including phenoxy) is 2. The van der Waals surface area contributed by atoms with Gasteiger partial charge >= 0.3 is 0 Å². The maximum absolute atomic E-state index is 5.65. The first-order valence-electron chi connectivity index (χ1n) is 6.44. The van der Waals surface area contributed by atoms with Crippen molar-refractivity contribution in [1.29, 1.82) is 0 Å². The van der Waals surface area contributed by atoms with E-state index in [4.69, 9.17) is 15.9 Å². The molecular weight excluding hydrogens is 238 g/mol. The third-order valence-electron chi connectivity index (χ3n) is 2.55. The van der Waals surface area contributed by atoms with Crippen molar-refractivity contribution in [2.45, 2.75) is 39.3 Å². The van der Waals surface area contributed by atoms with Crippen molar-refractivity contribution in [2.75, 3.05) is 13.7 Å². The second-order valence-corrected chi connectivity index (χ2v) is 5.39. The van der Waals surface area contributed by atoms with E-state index in [9.17, 15) is 0 Å². The molecule has 0 bridgehead atoms. The first-order valence-corrected chi connectivity index (χ1v) is 6.44. The second kappa shape index (κ2) is 7.06. The first kappa shape index (κ1) is 15.4. The Kier molecular flexibility index (Phi) is 5.72. The van der Waals surface area contributed by atoms with Crippen LogP contribution in [-0.2, 0) is 6.54 Å². The number of hydrogen-bond acceptors (Lipinski definition) is 3. The average Bonchev–Trinajstić information content (AvgIpc) is 2.36. The van der Waals surface area contributed by atoms with Gasteiger partial charge in [0.15, 0.2) is 11.5 Å². The van der Waals surface area contributed by atoms with E-state index in [1.807, 2.05) is 18.2 Å². The minimum absolute atomic E-state index is 0.0877. The minimum atomic E-state index is 0.0877. The van der Waals surface area contributed by atoms with Crippen LogP contribution in [0.5, 0.6) is 11.5 Å². The van der Waals surface area contributed by atoms with Crippen LogP contribution in [0.4, 0.5) is 0 Å². The summed E-state index contributed by atoms with van der Waals surface area (Å²) in [5.41, 5.74) is 1.25. The molecule has 0 saturated heterocycles. The summed E-state index contributed by atoms with van der Waals surface area (Å²) in [6, 6.07) is 5.95. The van der Waals surface area contributed by atoms with Gasteiger partial charge in [0.25, 0.3) is 0 Å². The molecule has 0 atom stereocenters. The molecular formula is C16H23NO2. The van der Waals surface area contributed by atoms with Crippen LogP contribution in [0.1, 0.15) is 32.8 Å². The van der Waals surface area contributed by atoms with Crippen molar-refractivity contribution in [1.82, 2.24) is 5.32 Å². The van der Waals surface area contributed by atoms with Crippen LogP contribution in [-0.4, -0.2) is 19.3 Å². The number of methoxy groups -OCH3 is 1. The largest absolute Gasteiger partial charge is 0.493 e. The molecule has 0 aliphatic heterocycles. The molecule has 104 valence electrons. The van der Waals surface area contributed by atoms with Crippen LogP contribution in [0.2, 0.25) is 0 Å². The van der Waals surface area contributed by atoms with E-state index in [2.05, 4.69) is 32.0 Å². The van der Waals surface area contributed by atoms with Crippen molar-refractivity contribution < 1.29 is 9.47 Å². The van der Waals surface area contributed by atoms with Crippen molar-refractivity contribution in [2.24, 2.45) is 0 Å². The highest BCUT2D eigenvalue weighted by molar-refractivity contribution is 5.43. The van der Waals surface area contributed by atoms with Crippen molar-refractivity contribution in [3.63, 3.8) is 0 Å². The third kappa shape index (κ3) is 5.67. The Bertz CT molecular complexity index is 441. The summed E-state index contributed by atoms with van der Waals surface area (Å²) < 4.78 is 10.9. The maximum Gasteiger partial charge on any atom is 0.161 e. The number of rotatable bonds is 6. The Balaban J connectivity index is 2.74. The lowest BCUT2D eigenvalue weighted by Crippen LogP contribution is -2.35. The topological polar surface area (TPSA) is 30.5 Å². The Hall–Kier alpha value is -1.66. The van der Waals surface area contributed by atoms with Gasteiger partial charge in [0, 0.05) is 18.5 Å². The molecule has 0 unspecified atom stereocenters. The molecule has 1 rings (SSSR count). The number of benzene rings is 1. The summed E-state index contributed by atoms with van der Waals surface area (Å²) in [4.78, 5) is 0. The van der Waals surface area contributed by atoms with E-state index >= 15 is 0 Å². The molecule has 0 heterocycles. The summed E-state index contributed by atoms with van der Waals surface area (Å²) >= 11 is 0. The van der Waals surface area contributed by atoms with Gasteiger partial charge in [0.2, 0.25) is 0 Å². The zero-order valence-electron chi connectivity index (χ0n) is 12.2. The SMILES string of the molecule is C#CCCOc1cc(CNC(C)(C)C)ccc1OC. The molecule has 0 aromatic heterocycles. The molecule has 3 nitrogen and oxygen atoms in total. The lowest BCUT2D eigenvalue weighted by molar-refractivity contribution is 0.301. The maximum atomic E-state index is 5.65. The van der Waals surface area contributed by atoms with Gasteiger partial charge in [-0.25, -0.2) is 0 Å². The van der Waals surface area contributed by atoms with E-state index < -0.39 is 0 Å². The van der Waals surface area contributed by atoms with Gasteiger partial charge in [-0.3, -0.25) is 0 Å².